The van der Waals surface area contributed by atoms with Gasteiger partial charge >= 0.3 is 0 Å². The quantitative estimate of drug-likeness (QED) is 0.573. The smallest absolute Gasteiger partial charge is 0.275 e. The number of halogens is 2. The van der Waals surface area contributed by atoms with Crippen LogP contribution < -0.4 is 5.43 Å². The van der Waals surface area contributed by atoms with Gasteiger partial charge in [-0.2, -0.15) is 5.10 Å². The number of carbonyl (C=O) groups is 1. The molecule has 108 valence electrons. The van der Waals surface area contributed by atoms with Crippen molar-refractivity contribution in [3.63, 3.8) is 0 Å². The first-order chi connectivity index (χ1) is 9.99. The highest BCUT2D eigenvalue weighted by Crippen LogP contribution is 2.30. The summed E-state index contributed by atoms with van der Waals surface area (Å²) in [7, 11) is 0. The van der Waals surface area contributed by atoms with Crippen LogP contribution in [0.5, 0.6) is 11.5 Å². The van der Waals surface area contributed by atoms with Crippen molar-refractivity contribution in [2.45, 2.75) is 0 Å². The minimum absolute atomic E-state index is 0.0417. The second-order valence-corrected chi connectivity index (χ2v) is 5.33. The number of aromatic hydroxyl groups is 2. The third-order valence-corrected chi connectivity index (χ3v) is 3.40. The lowest BCUT2D eigenvalue weighted by molar-refractivity contribution is 0.0952. The van der Waals surface area contributed by atoms with E-state index in [2.05, 4.69) is 26.5 Å². The normalized spacial score (nSPS) is 10.8. The molecule has 7 heteroatoms. The van der Waals surface area contributed by atoms with Crippen molar-refractivity contribution in [1.82, 2.24) is 5.43 Å². The maximum atomic E-state index is 11.8. The molecule has 0 unspecified atom stereocenters. The maximum Gasteiger partial charge on any atom is 0.275 e. The first-order valence-electron chi connectivity index (χ1n) is 5.78. The van der Waals surface area contributed by atoms with E-state index in [0.29, 0.717) is 15.1 Å². The Labute approximate surface area is 134 Å². The number of phenolic OH excluding ortho intramolecular Hbond substituents is 2. The third kappa shape index (κ3) is 3.74. The lowest BCUT2D eigenvalue weighted by atomic mass is 10.2. The molecule has 21 heavy (non-hydrogen) atoms. The number of nitrogens with zero attached hydrogens (tertiary/aromatic N) is 1. The van der Waals surface area contributed by atoms with E-state index in [1.165, 1.54) is 30.5 Å². The number of carbonyl (C=O) groups excluding carboxylic acids is 1. The van der Waals surface area contributed by atoms with Crippen LogP contribution in [-0.2, 0) is 0 Å². The zero-order chi connectivity index (χ0) is 15.4. The Morgan fingerprint density at radius 2 is 2.00 bits per heavy atom. The predicted molar refractivity (Wildman–Crippen MR) is 84.0 cm³/mol. The average Bonchev–Trinajstić information content (AvgIpc) is 2.44. The standard InChI is InChI=1S/C14H10BrClN2O3/c15-11-6-9(16)5-8(13(11)20)7-17-18-14(21)10-3-1-2-4-12(10)19/h1-7,19-20H,(H,18,21)/b17-7+. The Balaban J connectivity index is 2.13. The van der Waals surface area contributed by atoms with E-state index in [4.69, 9.17) is 11.6 Å². The van der Waals surface area contributed by atoms with E-state index in [0.717, 1.165) is 0 Å². The minimum atomic E-state index is -0.565. The van der Waals surface area contributed by atoms with Crippen molar-refractivity contribution in [2.24, 2.45) is 5.10 Å². The van der Waals surface area contributed by atoms with Crippen molar-refractivity contribution in [2.75, 3.05) is 0 Å². The average molecular weight is 370 g/mol. The van der Waals surface area contributed by atoms with Crippen LogP contribution in [0.1, 0.15) is 15.9 Å². The van der Waals surface area contributed by atoms with Crippen molar-refractivity contribution in [3.05, 3.63) is 57.0 Å². The van der Waals surface area contributed by atoms with E-state index < -0.39 is 5.91 Å². The highest BCUT2D eigenvalue weighted by Gasteiger charge is 2.09. The third-order valence-electron chi connectivity index (χ3n) is 2.58. The fraction of sp³-hybridized carbons (Fsp3) is 0. The van der Waals surface area contributed by atoms with Crippen molar-refractivity contribution in [1.29, 1.82) is 0 Å². The second-order valence-electron chi connectivity index (χ2n) is 4.04. The molecule has 0 aliphatic heterocycles. The van der Waals surface area contributed by atoms with Gasteiger partial charge in [0.25, 0.3) is 5.91 Å². The number of hydrazone groups is 1. The molecule has 5 nitrogen and oxygen atoms in total. The van der Waals surface area contributed by atoms with Crippen molar-refractivity contribution >= 4 is 39.7 Å². The molecule has 2 aromatic carbocycles. The molecule has 0 radical (unpaired) electrons. The number of amides is 1. The molecule has 0 aliphatic rings. The predicted octanol–water partition coefficient (Wildman–Crippen LogP) is 3.28. The zero-order valence-electron chi connectivity index (χ0n) is 10.5. The van der Waals surface area contributed by atoms with E-state index in [1.54, 1.807) is 12.1 Å². The SMILES string of the molecule is O=C(N/N=C/c1cc(Cl)cc(Br)c1O)c1ccccc1O. The number of nitrogens with one attached hydrogen (secondary N) is 1. The maximum absolute atomic E-state index is 11.8. The highest BCUT2D eigenvalue weighted by atomic mass is 79.9. The summed E-state index contributed by atoms with van der Waals surface area (Å²) in [6.45, 7) is 0. The summed E-state index contributed by atoms with van der Waals surface area (Å²) < 4.78 is 0.420. The molecule has 0 saturated heterocycles. The van der Waals surface area contributed by atoms with Gasteiger partial charge < -0.3 is 10.2 Å². The van der Waals surface area contributed by atoms with Crippen LogP contribution in [-0.4, -0.2) is 22.3 Å². The van der Waals surface area contributed by atoms with Gasteiger partial charge in [0.15, 0.2) is 0 Å². The monoisotopic (exact) mass is 368 g/mol. The Morgan fingerprint density at radius 3 is 2.71 bits per heavy atom. The summed E-state index contributed by atoms with van der Waals surface area (Å²) in [5.74, 6) is -0.747. The number of hydrogen-bond acceptors (Lipinski definition) is 4. The van der Waals surface area contributed by atoms with Gasteiger partial charge in [0.1, 0.15) is 11.5 Å². The Hall–Kier alpha value is -2.05. The van der Waals surface area contributed by atoms with Crippen LogP contribution in [0.2, 0.25) is 5.02 Å². The van der Waals surface area contributed by atoms with Gasteiger partial charge in [-0.25, -0.2) is 5.43 Å². The zero-order valence-corrected chi connectivity index (χ0v) is 12.9. The summed E-state index contributed by atoms with van der Waals surface area (Å²) in [5, 5.41) is 23.5. The highest BCUT2D eigenvalue weighted by molar-refractivity contribution is 9.10. The topological polar surface area (TPSA) is 81.9 Å². The number of phenols is 2. The lowest BCUT2D eigenvalue weighted by Crippen LogP contribution is -2.17. The Morgan fingerprint density at radius 1 is 1.29 bits per heavy atom. The van der Waals surface area contributed by atoms with Crippen LogP contribution in [0.3, 0.4) is 0 Å². The van der Waals surface area contributed by atoms with Crippen LogP contribution in [0.25, 0.3) is 0 Å². The van der Waals surface area contributed by atoms with Gasteiger partial charge in [0.05, 0.1) is 16.3 Å². The van der Waals surface area contributed by atoms with Gasteiger partial charge in [0, 0.05) is 10.6 Å². The van der Waals surface area contributed by atoms with Crippen LogP contribution in [0.15, 0.2) is 46.0 Å². The molecule has 2 rings (SSSR count). The summed E-state index contributed by atoms with van der Waals surface area (Å²) in [6, 6.07) is 9.13. The van der Waals surface area contributed by atoms with Crippen LogP contribution in [0.4, 0.5) is 0 Å². The molecule has 0 heterocycles. The molecule has 0 saturated carbocycles. The summed E-state index contributed by atoms with van der Waals surface area (Å²) in [6.07, 6.45) is 1.25. The van der Waals surface area contributed by atoms with Gasteiger partial charge in [-0.15, -0.1) is 0 Å². The minimum Gasteiger partial charge on any atom is -0.507 e. The largest absolute Gasteiger partial charge is 0.507 e. The number of hydrogen-bond donors (Lipinski definition) is 3. The molecule has 1 amide bonds. The molecular weight excluding hydrogens is 360 g/mol. The van der Waals surface area contributed by atoms with Gasteiger partial charge in [-0.3, -0.25) is 4.79 Å². The number of benzene rings is 2. The summed E-state index contributed by atoms with van der Waals surface area (Å²) >= 11 is 9.00. The molecule has 0 spiro atoms. The fourth-order valence-corrected chi connectivity index (χ4v) is 2.40. The number of rotatable bonds is 3. The van der Waals surface area contributed by atoms with Crippen LogP contribution >= 0.6 is 27.5 Å². The molecule has 0 aromatic heterocycles. The molecule has 0 fully saturated rings. The van der Waals surface area contributed by atoms with E-state index in [-0.39, 0.29) is 17.1 Å². The molecule has 0 aliphatic carbocycles. The van der Waals surface area contributed by atoms with Crippen molar-refractivity contribution in [3.8, 4) is 11.5 Å². The van der Waals surface area contributed by atoms with Crippen molar-refractivity contribution < 1.29 is 15.0 Å². The summed E-state index contributed by atoms with van der Waals surface area (Å²) in [5.41, 5.74) is 2.70. The first kappa shape index (κ1) is 15.3. The van der Waals surface area contributed by atoms with E-state index in [9.17, 15) is 15.0 Å². The lowest BCUT2D eigenvalue weighted by Gasteiger charge is -2.04. The summed E-state index contributed by atoms with van der Waals surface area (Å²) in [4.78, 5) is 11.8. The Bertz CT molecular complexity index is 719. The van der Waals surface area contributed by atoms with Gasteiger partial charge in [-0.1, -0.05) is 23.7 Å². The molecule has 2 aromatic rings. The second kappa shape index (κ2) is 6.60. The van der Waals surface area contributed by atoms with E-state index in [1.807, 2.05) is 0 Å². The fourth-order valence-electron chi connectivity index (χ4n) is 1.57. The van der Waals surface area contributed by atoms with E-state index >= 15 is 0 Å². The van der Waals surface area contributed by atoms with Gasteiger partial charge in [-0.05, 0) is 40.2 Å². The van der Waals surface area contributed by atoms with Crippen LogP contribution in [0, 0.1) is 0 Å². The molecule has 0 atom stereocenters. The number of para-hydroxylation sites is 1. The molecule has 3 N–H and O–H groups in total. The molecular formula is C14H10BrClN2O3. The molecule has 0 bridgehead atoms. The first-order valence-corrected chi connectivity index (χ1v) is 6.95. The van der Waals surface area contributed by atoms with Gasteiger partial charge in [0.2, 0.25) is 0 Å². The Kier molecular flexibility index (Phi) is 4.82.